The second-order valence-corrected chi connectivity index (χ2v) is 8.11. The molecule has 0 aliphatic heterocycles. The van der Waals surface area contributed by atoms with Crippen molar-refractivity contribution in [2.24, 2.45) is 7.05 Å². The number of amides is 1. The molecule has 1 atom stereocenters. The molecule has 1 unspecified atom stereocenters. The third-order valence-electron chi connectivity index (χ3n) is 5.47. The summed E-state index contributed by atoms with van der Waals surface area (Å²) in [5.41, 5.74) is 1.42. The van der Waals surface area contributed by atoms with E-state index in [0.29, 0.717) is 32.6 Å². The third kappa shape index (κ3) is 4.56. The van der Waals surface area contributed by atoms with Crippen molar-refractivity contribution in [2.45, 2.75) is 19.4 Å². The summed E-state index contributed by atoms with van der Waals surface area (Å²) in [5.74, 6) is -1.26. The first kappa shape index (κ1) is 23.2. The molecule has 8 heteroatoms. The van der Waals surface area contributed by atoms with Crippen LogP contribution in [0.1, 0.15) is 23.8 Å². The van der Waals surface area contributed by atoms with Crippen LogP contribution in [-0.2, 0) is 16.6 Å². The summed E-state index contributed by atoms with van der Waals surface area (Å²) >= 11 is 6.07. The third-order valence-corrected chi connectivity index (χ3v) is 5.72. The summed E-state index contributed by atoms with van der Waals surface area (Å²) in [5, 5.41) is 4.31. The van der Waals surface area contributed by atoms with Crippen molar-refractivity contribution in [1.29, 1.82) is 0 Å². The van der Waals surface area contributed by atoms with Gasteiger partial charge in [0.05, 0.1) is 11.9 Å². The Labute approximate surface area is 201 Å². The van der Waals surface area contributed by atoms with Gasteiger partial charge in [0.25, 0.3) is 11.5 Å². The van der Waals surface area contributed by atoms with Crippen molar-refractivity contribution in [3.8, 4) is 11.1 Å². The van der Waals surface area contributed by atoms with Gasteiger partial charge in [-0.2, -0.15) is 0 Å². The zero-order valence-corrected chi connectivity index (χ0v) is 19.4. The number of benzene rings is 2. The van der Waals surface area contributed by atoms with Gasteiger partial charge >= 0.3 is 5.97 Å². The lowest BCUT2D eigenvalue weighted by molar-refractivity contribution is -0.124. The fourth-order valence-corrected chi connectivity index (χ4v) is 3.91. The highest BCUT2D eigenvalue weighted by Crippen LogP contribution is 2.32. The highest BCUT2D eigenvalue weighted by molar-refractivity contribution is 6.30. The van der Waals surface area contributed by atoms with Crippen molar-refractivity contribution in [1.82, 2.24) is 9.55 Å². The molecule has 0 saturated heterocycles. The second-order valence-electron chi connectivity index (χ2n) is 7.67. The minimum absolute atomic E-state index is 0.0543. The van der Waals surface area contributed by atoms with Crippen LogP contribution in [0.15, 0.2) is 77.9 Å². The Hall–Kier alpha value is -3.97. The van der Waals surface area contributed by atoms with E-state index in [2.05, 4.69) is 10.3 Å². The van der Waals surface area contributed by atoms with Crippen LogP contribution < -0.4 is 10.9 Å². The molecule has 4 rings (SSSR count). The number of halogens is 1. The molecule has 34 heavy (non-hydrogen) atoms. The number of fused-ring (bicyclic) bond motifs is 1. The quantitative estimate of drug-likeness (QED) is 0.403. The van der Waals surface area contributed by atoms with E-state index in [4.69, 9.17) is 16.3 Å². The van der Waals surface area contributed by atoms with E-state index in [0.717, 1.165) is 0 Å². The molecule has 0 bridgehead atoms. The number of anilines is 1. The Kier molecular flexibility index (Phi) is 6.75. The SMILES string of the molecule is CCC(OC(=O)c1c(-c2ccc(Cl)cc2)c2ccccc2c(=O)n1C)C(=O)Nc1cccnc1. The molecular weight excluding hydrogens is 454 g/mol. The molecule has 1 N–H and O–H groups in total. The van der Waals surface area contributed by atoms with Gasteiger partial charge in [-0.1, -0.05) is 48.9 Å². The maximum atomic E-state index is 13.4. The van der Waals surface area contributed by atoms with Gasteiger partial charge in [0, 0.05) is 29.2 Å². The van der Waals surface area contributed by atoms with Crippen molar-refractivity contribution in [3.63, 3.8) is 0 Å². The van der Waals surface area contributed by atoms with Gasteiger partial charge < -0.3 is 14.6 Å². The lowest BCUT2D eigenvalue weighted by Gasteiger charge is -2.20. The van der Waals surface area contributed by atoms with E-state index < -0.39 is 18.0 Å². The average Bonchev–Trinajstić information content (AvgIpc) is 2.85. The van der Waals surface area contributed by atoms with Crippen LogP contribution in [0.3, 0.4) is 0 Å². The molecular formula is C26H22ClN3O4. The van der Waals surface area contributed by atoms with Crippen molar-refractivity contribution in [3.05, 3.63) is 94.1 Å². The number of ether oxygens (including phenoxy) is 1. The summed E-state index contributed by atoms with van der Waals surface area (Å²) in [4.78, 5) is 43.2. The average molecular weight is 476 g/mol. The van der Waals surface area contributed by atoms with Crippen LogP contribution >= 0.6 is 11.6 Å². The molecule has 2 aromatic carbocycles. The number of esters is 1. The maximum Gasteiger partial charge on any atom is 0.356 e. The molecule has 1 amide bonds. The molecule has 0 radical (unpaired) electrons. The number of hydrogen-bond acceptors (Lipinski definition) is 5. The number of hydrogen-bond donors (Lipinski definition) is 1. The summed E-state index contributed by atoms with van der Waals surface area (Å²) in [6, 6.07) is 17.4. The summed E-state index contributed by atoms with van der Waals surface area (Å²) in [6.07, 6.45) is 2.27. The molecule has 2 heterocycles. The predicted molar refractivity (Wildman–Crippen MR) is 132 cm³/mol. The molecule has 0 aliphatic rings. The van der Waals surface area contributed by atoms with Gasteiger partial charge in [0.15, 0.2) is 6.10 Å². The molecule has 0 aliphatic carbocycles. The van der Waals surface area contributed by atoms with Gasteiger partial charge in [-0.3, -0.25) is 14.6 Å². The lowest BCUT2D eigenvalue weighted by atomic mass is 9.96. The predicted octanol–water partition coefficient (Wildman–Crippen LogP) is 4.83. The largest absolute Gasteiger partial charge is 0.448 e. The van der Waals surface area contributed by atoms with Crippen LogP contribution in [0.25, 0.3) is 21.9 Å². The summed E-state index contributed by atoms with van der Waals surface area (Å²) in [6.45, 7) is 1.74. The van der Waals surface area contributed by atoms with Crippen LogP contribution in [-0.4, -0.2) is 27.5 Å². The van der Waals surface area contributed by atoms with Crippen LogP contribution in [0.5, 0.6) is 0 Å². The molecule has 172 valence electrons. The Bertz CT molecular complexity index is 1420. The van der Waals surface area contributed by atoms with E-state index in [-0.39, 0.29) is 17.7 Å². The molecule has 7 nitrogen and oxygen atoms in total. The maximum absolute atomic E-state index is 13.4. The second kappa shape index (κ2) is 9.89. The number of aromatic nitrogens is 2. The number of rotatable bonds is 6. The van der Waals surface area contributed by atoms with Crippen LogP contribution in [0.4, 0.5) is 5.69 Å². The van der Waals surface area contributed by atoms with Crippen LogP contribution in [0.2, 0.25) is 5.02 Å². The number of nitrogens with zero attached hydrogens (tertiary/aromatic N) is 2. The number of carbonyl (C=O) groups excluding carboxylic acids is 2. The highest BCUT2D eigenvalue weighted by Gasteiger charge is 2.27. The normalized spacial score (nSPS) is 11.7. The number of pyridine rings is 2. The number of carbonyl (C=O) groups is 2. The van der Waals surface area contributed by atoms with Gasteiger partial charge in [0.1, 0.15) is 5.69 Å². The smallest absolute Gasteiger partial charge is 0.356 e. The molecule has 4 aromatic rings. The van der Waals surface area contributed by atoms with Crippen LogP contribution in [0, 0.1) is 0 Å². The first-order valence-corrected chi connectivity index (χ1v) is 11.1. The highest BCUT2D eigenvalue weighted by atomic mass is 35.5. The molecule has 0 spiro atoms. The fourth-order valence-electron chi connectivity index (χ4n) is 3.78. The Balaban J connectivity index is 1.78. The van der Waals surface area contributed by atoms with E-state index in [1.807, 2.05) is 0 Å². The molecule has 0 saturated carbocycles. The first-order valence-electron chi connectivity index (χ1n) is 10.7. The van der Waals surface area contributed by atoms with Gasteiger partial charge in [-0.05, 0) is 47.7 Å². The van der Waals surface area contributed by atoms with E-state index in [1.165, 1.54) is 17.8 Å². The Morgan fingerprint density at radius 1 is 1.06 bits per heavy atom. The lowest BCUT2D eigenvalue weighted by Crippen LogP contribution is -2.34. The van der Waals surface area contributed by atoms with Gasteiger partial charge in [0.2, 0.25) is 0 Å². The fraction of sp³-hybridized carbons (Fsp3) is 0.154. The van der Waals surface area contributed by atoms with Gasteiger partial charge in [-0.25, -0.2) is 4.79 Å². The zero-order valence-electron chi connectivity index (χ0n) is 18.6. The van der Waals surface area contributed by atoms with Crippen molar-refractivity contribution < 1.29 is 14.3 Å². The number of nitrogens with one attached hydrogen (secondary N) is 1. The Morgan fingerprint density at radius 2 is 1.76 bits per heavy atom. The minimum atomic E-state index is -1.06. The standard InChI is InChI=1S/C26H22ClN3O4/c1-3-21(24(31)29-18-7-6-14-28-15-18)34-26(33)23-22(16-10-12-17(27)13-11-16)19-8-4-5-9-20(19)25(32)30(23)2/h4-15,21H,3H2,1-2H3,(H,29,31). The monoisotopic (exact) mass is 475 g/mol. The molecule has 2 aromatic heterocycles. The zero-order chi connectivity index (χ0) is 24.2. The molecule has 0 fully saturated rings. The van der Waals surface area contributed by atoms with E-state index in [1.54, 1.807) is 73.8 Å². The van der Waals surface area contributed by atoms with Crippen molar-refractivity contribution >= 4 is 39.9 Å². The summed E-state index contributed by atoms with van der Waals surface area (Å²) < 4.78 is 6.90. The Morgan fingerprint density at radius 3 is 2.41 bits per heavy atom. The van der Waals surface area contributed by atoms with E-state index >= 15 is 0 Å². The van der Waals surface area contributed by atoms with E-state index in [9.17, 15) is 14.4 Å². The summed E-state index contributed by atoms with van der Waals surface area (Å²) in [7, 11) is 1.52. The topological polar surface area (TPSA) is 90.3 Å². The first-order chi connectivity index (χ1) is 16.4. The van der Waals surface area contributed by atoms with Gasteiger partial charge in [-0.15, -0.1) is 0 Å². The van der Waals surface area contributed by atoms with Crippen molar-refractivity contribution in [2.75, 3.05) is 5.32 Å². The minimum Gasteiger partial charge on any atom is -0.448 e.